The smallest absolute Gasteiger partial charge is 0.372 e. The number of carbonyl (C=O) groups excluding carboxylic acids is 2. The first-order valence-corrected chi connectivity index (χ1v) is 6.33. The number of nitrogens with zero attached hydrogens (tertiary/aromatic N) is 1. The average Bonchev–Trinajstić information content (AvgIpc) is 2.77. The summed E-state index contributed by atoms with van der Waals surface area (Å²) in [6.45, 7) is 0.256. The van der Waals surface area contributed by atoms with Crippen LogP contribution in [0.15, 0.2) is 28.7 Å². The first-order chi connectivity index (χ1) is 10.0. The molecule has 1 saturated heterocycles. The van der Waals surface area contributed by atoms with Crippen molar-refractivity contribution in [2.24, 2.45) is 0 Å². The number of carboxylic acids is 1. The summed E-state index contributed by atoms with van der Waals surface area (Å²) in [5, 5.41) is 12.1. The van der Waals surface area contributed by atoms with Crippen molar-refractivity contribution < 1.29 is 23.9 Å². The van der Waals surface area contributed by atoms with Crippen molar-refractivity contribution in [2.45, 2.75) is 6.54 Å². The van der Waals surface area contributed by atoms with Gasteiger partial charge in [0.25, 0.3) is 0 Å². The van der Waals surface area contributed by atoms with Gasteiger partial charge >= 0.3 is 5.97 Å². The Bertz CT molecular complexity index is 733. The number of hydrogen-bond acceptors (Lipinski definition) is 5. The van der Waals surface area contributed by atoms with Crippen molar-refractivity contribution in [3.8, 4) is 0 Å². The van der Waals surface area contributed by atoms with Crippen LogP contribution in [0.5, 0.6) is 0 Å². The van der Waals surface area contributed by atoms with Gasteiger partial charge in [-0.2, -0.15) is 0 Å². The summed E-state index contributed by atoms with van der Waals surface area (Å²) in [5.41, 5.74) is 0.943. The molecular weight excluding hydrogens is 276 g/mol. The lowest BCUT2D eigenvalue weighted by atomic mass is 10.1. The minimum absolute atomic E-state index is 0.0459. The predicted octanol–water partition coefficient (Wildman–Crippen LogP) is 0.589. The van der Waals surface area contributed by atoms with E-state index < -0.39 is 17.8 Å². The molecule has 0 spiro atoms. The molecule has 1 aliphatic heterocycles. The zero-order chi connectivity index (χ0) is 15.0. The fraction of sp³-hybridized carbons (Fsp3) is 0.214. The minimum atomic E-state index is -1.17. The number of carboxylic acid groups (broad SMARTS) is 1. The SMILES string of the molecule is O=C1CN(Cc2c(C(=O)O)oc3ccccc23)CC(=O)N1. The van der Waals surface area contributed by atoms with Crippen molar-refractivity contribution in [3.63, 3.8) is 0 Å². The first kappa shape index (κ1) is 13.3. The van der Waals surface area contributed by atoms with E-state index >= 15 is 0 Å². The van der Waals surface area contributed by atoms with Crippen molar-refractivity contribution in [1.29, 1.82) is 0 Å². The lowest BCUT2D eigenvalue weighted by Crippen LogP contribution is -2.50. The van der Waals surface area contributed by atoms with Gasteiger partial charge in [-0.3, -0.25) is 19.8 Å². The van der Waals surface area contributed by atoms with Crippen LogP contribution >= 0.6 is 0 Å². The molecule has 0 aliphatic carbocycles. The third-order valence-corrected chi connectivity index (χ3v) is 3.29. The molecule has 0 saturated carbocycles. The van der Waals surface area contributed by atoms with E-state index in [2.05, 4.69) is 5.32 Å². The fourth-order valence-electron chi connectivity index (χ4n) is 2.46. The number of nitrogens with one attached hydrogen (secondary N) is 1. The van der Waals surface area contributed by atoms with Gasteiger partial charge in [-0.15, -0.1) is 0 Å². The summed E-state index contributed by atoms with van der Waals surface area (Å²) in [6, 6.07) is 6.96. The highest BCUT2D eigenvalue weighted by atomic mass is 16.4. The maximum Gasteiger partial charge on any atom is 0.372 e. The molecule has 0 atom stereocenters. The third-order valence-electron chi connectivity index (χ3n) is 3.29. The Morgan fingerprint density at radius 2 is 1.90 bits per heavy atom. The largest absolute Gasteiger partial charge is 0.475 e. The normalized spacial score (nSPS) is 16.2. The van der Waals surface area contributed by atoms with Gasteiger partial charge in [-0.05, 0) is 6.07 Å². The number of imide groups is 1. The zero-order valence-electron chi connectivity index (χ0n) is 11.0. The molecule has 1 aromatic carbocycles. The second kappa shape index (κ2) is 5.02. The number of rotatable bonds is 3. The van der Waals surface area contributed by atoms with Gasteiger partial charge in [0.15, 0.2) is 0 Å². The van der Waals surface area contributed by atoms with Crippen LogP contribution < -0.4 is 5.32 Å². The topological polar surface area (TPSA) is 99.8 Å². The molecule has 1 fully saturated rings. The fourth-order valence-corrected chi connectivity index (χ4v) is 2.46. The van der Waals surface area contributed by atoms with E-state index in [9.17, 15) is 19.5 Å². The maximum absolute atomic E-state index is 11.4. The van der Waals surface area contributed by atoms with Gasteiger partial charge in [-0.1, -0.05) is 18.2 Å². The quantitative estimate of drug-likeness (QED) is 0.802. The molecule has 0 unspecified atom stereocenters. The summed E-state index contributed by atoms with van der Waals surface area (Å²) >= 11 is 0. The highest BCUT2D eigenvalue weighted by molar-refractivity contribution is 5.99. The Labute approximate surface area is 119 Å². The molecule has 2 amide bonds. The lowest BCUT2D eigenvalue weighted by molar-refractivity contribution is -0.136. The van der Waals surface area contributed by atoms with E-state index in [1.165, 1.54) is 0 Å². The molecular formula is C14H12N2O5. The van der Waals surface area contributed by atoms with Crippen molar-refractivity contribution >= 4 is 28.8 Å². The minimum Gasteiger partial charge on any atom is -0.475 e. The number of hydrogen-bond donors (Lipinski definition) is 2. The molecule has 1 aliphatic rings. The summed E-state index contributed by atoms with van der Waals surface area (Å²) in [4.78, 5) is 35.7. The molecule has 7 nitrogen and oxygen atoms in total. The summed E-state index contributed by atoms with van der Waals surface area (Å²) in [7, 11) is 0. The Balaban J connectivity index is 1.99. The predicted molar refractivity (Wildman–Crippen MR) is 71.6 cm³/mol. The number of amides is 2. The molecule has 0 radical (unpaired) electrons. The highest BCUT2D eigenvalue weighted by Crippen LogP contribution is 2.27. The lowest BCUT2D eigenvalue weighted by Gasteiger charge is -2.24. The Kier molecular flexibility index (Phi) is 3.19. The molecule has 2 heterocycles. The van der Waals surface area contributed by atoms with Crippen LogP contribution in [0.2, 0.25) is 0 Å². The number of carbonyl (C=O) groups is 3. The van der Waals surface area contributed by atoms with Gasteiger partial charge in [-0.25, -0.2) is 4.79 Å². The molecule has 2 N–H and O–H groups in total. The van der Waals surface area contributed by atoms with Gasteiger partial charge in [0.2, 0.25) is 17.6 Å². The van der Waals surface area contributed by atoms with Crippen LogP contribution in [0.3, 0.4) is 0 Å². The van der Waals surface area contributed by atoms with Gasteiger partial charge < -0.3 is 9.52 Å². The van der Waals surface area contributed by atoms with E-state index in [1.54, 1.807) is 29.2 Å². The zero-order valence-corrected chi connectivity index (χ0v) is 11.0. The molecule has 1 aromatic heterocycles. The summed E-state index contributed by atoms with van der Waals surface area (Å²) < 4.78 is 5.34. The van der Waals surface area contributed by atoms with Crippen molar-refractivity contribution in [1.82, 2.24) is 10.2 Å². The molecule has 108 valence electrons. The van der Waals surface area contributed by atoms with E-state index in [0.29, 0.717) is 16.5 Å². The number of piperazine rings is 1. The number of fused-ring (bicyclic) bond motifs is 1. The monoisotopic (exact) mass is 288 g/mol. The number of benzene rings is 1. The summed E-state index contributed by atoms with van der Waals surface area (Å²) in [6.07, 6.45) is 0. The van der Waals surface area contributed by atoms with E-state index in [1.807, 2.05) is 0 Å². The van der Waals surface area contributed by atoms with E-state index in [-0.39, 0.29) is 25.4 Å². The second-order valence-corrected chi connectivity index (χ2v) is 4.83. The van der Waals surface area contributed by atoms with Gasteiger partial charge in [0.1, 0.15) is 5.58 Å². The Morgan fingerprint density at radius 1 is 1.24 bits per heavy atom. The van der Waals surface area contributed by atoms with Crippen LogP contribution in [0.25, 0.3) is 11.0 Å². The molecule has 21 heavy (non-hydrogen) atoms. The average molecular weight is 288 g/mol. The van der Waals surface area contributed by atoms with E-state index in [4.69, 9.17) is 4.42 Å². The second-order valence-electron chi connectivity index (χ2n) is 4.83. The molecule has 3 rings (SSSR count). The molecule has 7 heteroatoms. The number of furan rings is 1. The third kappa shape index (κ3) is 2.50. The van der Waals surface area contributed by atoms with Crippen LogP contribution in [0, 0.1) is 0 Å². The van der Waals surface area contributed by atoms with Crippen LogP contribution in [-0.2, 0) is 16.1 Å². The Morgan fingerprint density at radius 3 is 2.57 bits per heavy atom. The highest BCUT2D eigenvalue weighted by Gasteiger charge is 2.26. The van der Waals surface area contributed by atoms with Crippen LogP contribution in [-0.4, -0.2) is 40.9 Å². The maximum atomic E-state index is 11.4. The van der Waals surface area contributed by atoms with Crippen LogP contribution in [0.4, 0.5) is 0 Å². The summed E-state index contributed by atoms with van der Waals surface area (Å²) in [5.74, 6) is -2.12. The number of para-hydroxylation sites is 1. The van der Waals surface area contributed by atoms with Gasteiger partial charge in [0, 0.05) is 17.5 Å². The van der Waals surface area contributed by atoms with Gasteiger partial charge in [0.05, 0.1) is 13.1 Å². The first-order valence-electron chi connectivity index (χ1n) is 6.33. The molecule has 0 bridgehead atoms. The number of aromatic carboxylic acids is 1. The van der Waals surface area contributed by atoms with E-state index in [0.717, 1.165) is 0 Å². The van der Waals surface area contributed by atoms with Crippen LogP contribution in [0.1, 0.15) is 16.1 Å². The van der Waals surface area contributed by atoms with Crippen molar-refractivity contribution in [2.75, 3.05) is 13.1 Å². The molecule has 2 aromatic rings. The van der Waals surface area contributed by atoms with Crippen molar-refractivity contribution in [3.05, 3.63) is 35.6 Å². The standard InChI is InChI=1S/C14H12N2O5/c17-11-6-16(7-12(18)15-11)5-9-8-3-1-2-4-10(8)21-13(9)14(19)20/h1-4H,5-7H2,(H,19,20)(H,15,17,18). The Hall–Kier alpha value is -2.67.